The first-order valence-electron chi connectivity index (χ1n) is 8.13. The van der Waals surface area contributed by atoms with Gasteiger partial charge in [-0.15, -0.1) is 0 Å². The Balaban J connectivity index is 1.89. The summed E-state index contributed by atoms with van der Waals surface area (Å²) in [7, 11) is 0. The number of nitrogens with zero attached hydrogens (tertiary/aromatic N) is 4. The number of ether oxygens (including phenoxy) is 1. The van der Waals surface area contributed by atoms with Crippen molar-refractivity contribution in [3.63, 3.8) is 0 Å². The van der Waals surface area contributed by atoms with Crippen LogP contribution in [-0.2, 0) is 4.74 Å². The number of rotatable bonds is 7. The molecule has 25 heavy (non-hydrogen) atoms. The number of hydrogen-bond acceptors (Lipinski definition) is 10. The van der Waals surface area contributed by atoms with Crippen LogP contribution in [0, 0.1) is 0 Å². The van der Waals surface area contributed by atoms with E-state index in [4.69, 9.17) is 16.2 Å². The third kappa shape index (κ3) is 3.37. The number of aromatic nitrogens is 4. The molecule has 11 nitrogen and oxygen atoms in total. The maximum Gasteiger partial charge on any atom is 0.224 e. The molecule has 0 amide bonds. The van der Waals surface area contributed by atoms with Crippen molar-refractivity contribution >= 4 is 22.9 Å². The Labute approximate surface area is 143 Å². The number of fused-ring (bicyclic) bond motifs is 1. The van der Waals surface area contributed by atoms with Gasteiger partial charge in [-0.05, 0) is 19.4 Å². The van der Waals surface area contributed by atoms with Gasteiger partial charge in [0.15, 0.2) is 23.2 Å². The standard InChI is InChI=1S/C14H23N7O4/c15-3-1-2-4-17-11-8-12(20-14(16)19-11)21(6-18-8)13-10(24)9(23)7(5-22)25-13/h6-7,9-10,13,22-24H,1-5,15H2,(H3,16,17,19,20)/t7-,9-,10-,13-/m1/s1. The van der Waals surface area contributed by atoms with Gasteiger partial charge in [-0.25, -0.2) is 4.98 Å². The highest BCUT2D eigenvalue weighted by molar-refractivity contribution is 5.84. The molecule has 2 aromatic rings. The third-order valence-corrected chi connectivity index (χ3v) is 4.15. The van der Waals surface area contributed by atoms with Crippen LogP contribution >= 0.6 is 0 Å². The average Bonchev–Trinajstić information content (AvgIpc) is 3.13. The maximum atomic E-state index is 10.2. The zero-order chi connectivity index (χ0) is 18.0. The zero-order valence-electron chi connectivity index (χ0n) is 13.6. The molecule has 1 aliphatic rings. The SMILES string of the molecule is NCCCCNc1nc(N)nc2c1ncn2[C@@H]1O[C@H](CO)[C@@H](O)[C@H]1O. The number of aliphatic hydroxyl groups excluding tert-OH is 3. The smallest absolute Gasteiger partial charge is 0.224 e. The van der Waals surface area contributed by atoms with Crippen LogP contribution in [0.15, 0.2) is 6.33 Å². The first kappa shape index (κ1) is 17.8. The van der Waals surface area contributed by atoms with Crippen molar-refractivity contribution in [2.45, 2.75) is 37.4 Å². The van der Waals surface area contributed by atoms with Crippen LogP contribution in [-0.4, -0.2) is 72.8 Å². The fourth-order valence-corrected chi connectivity index (χ4v) is 2.83. The summed E-state index contributed by atoms with van der Waals surface area (Å²) in [5.41, 5.74) is 12.1. The largest absolute Gasteiger partial charge is 0.394 e. The van der Waals surface area contributed by atoms with Crippen molar-refractivity contribution in [1.82, 2.24) is 19.5 Å². The molecule has 3 rings (SSSR count). The van der Waals surface area contributed by atoms with Crippen LogP contribution in [0.3, 0.4) is 0 Å². The molecule has 0 aromatic carbocycles. The van der Waals surface area contributed by atoms with E-state index in [0.29, 0.717) is 30.1 Å². The van der Waals surface area contributed by atoms with Gasteiger partial charge in [-0.2, -0.15) is 9.97 Å². The Hall–Kier alpha value is -2.05. The lowest BCUT2D eigenvalue weighted by Gasteiger charge is -2.16. The summed E-state index contributed by atoms with van der Waals surface area (Å²) in [6.45, 7) is 0.860. The van der Waals surface area contributed by atoms with E-state index < -0.39 is 31.1 Å². The second kappa shape index (κ2) is 7.45. The molecule has 1 aliphatic heterocycles. The number of aliphatic hydroxyl groups is 3. The van der Waals surface area contributed by atoms with Crippen molar-refractivity contribution in [2.24, 2.45) is 5.73 Å². The predicted octanol–water partition coefficient (Wildman–Crippen LogP) is -1.83. The molecule has 0 unspecified atom stereocenters. The number of unbranched alkanes of at least 4 members (excludes halogenated alkanes) is 1. The molecule has 4 atom stereocenters. The minimum absolute atomic E-state index is 0.0438. The molecule has 11 heteroatoms. The molecule has 0 radical (unpaired) electrons. The van der Waals surface area contributed by atoms with E-state index in [2.05, 4.69) is 20.3 Å². The highest BCUT2D eigenvalue weighted by Crippen LogP contribution is 2.32. The molecule has 2 aromatic heterocycles. The number of nitrogen functional groups attached to an aromatic ring is 1. The summed E-state index contributed by atoms with van der Waals surface area (Å²) in [4.78, 5) is 12.6. The average molecular weight is 353 g/mol. The first-order valence-corrected chi connectivity index (χ1v) is 8.13. The summed E-state index contributed by atoms with van der Waals surface area (Å²) < 4.78 is 6.99. The highest BCUT2D eigenvalue weighted by Gasteiger charge is 2.44. The molecule has 1 saturated heterocycles. The molecule has 0 bridgehead atoms. The van der Waals surface area contributed by atoms with Crippen LogP contribution in [0.2, 0.25) is 0 Å². The summed E-state index contributed by atoms with van der Waals surface area (Å²) in [5, 5.41) is 32.5. The highest BCUT2D eigenvalue weighted by atomic mass is 16.6. The Morgan fingerprint density at radius 3 is 2.72 bits per heavy atom. The first-order chi connectivity index (χ1) is 12.1. The molecule has 0 spiro atoms. The minimum atomic E-state index is -1.23. The van der Waals surface area contributed by atoms with E-state index in [1.54, 1.807) is 0 Å². The summed E-state index contributed by atoms with van der Waals surface area (Å²) in [6, 6.07) is 0. The number of nitrogens with one attached hydrogen (secondary N) is 1. The van der Waals surface area contributed by atoms with Gasteiger partial charge in [-0.1, -0.05) is 0 Å². The number of hydrogen-bond donors (Lipinski definition) is 6. The van der Waals surface area contributed by atoms with Gasteiger partial charge in [0.2, 0.25) is 5.95 Å². The van der Waals surface area contributed by atoms with Gasteiger partial charge < -0.3 is 36.8 Å². The van der Waals surface area contributed by atoms with Gasteiger partial charge >= 0.3 is 0 Å². The van der Waals surface area contributed by atoms with Gasteiger partial charge in [0.05, 0.1) is 12.9 Å². The Bertz CT molecular complexity index is 725. The van der Waals surface area contributed by atoms with Gasteiger partial charge in [0.1, 0.15) is 18.3 Å². The van der Waals surface area contributed by atoms with Crippen molar-refractivity contribution in [2.75, 3.05) is 30.7 Å². The Morgan fingerprint density at radius 1 is 1.24 bits per heavy atom. The van der Waals surface area contributed by atoms with Crippen LogP contribution in [0.25, 0.3) is 11.2 Å². The Kier molecular flexibility index (Phi) is 5.30. The second-order valence-corrected chi connectivity index (χ2v) is 5.91. The molecule has 0 aliphatic carbocycles. The molecule has 8 N–H and O–H groups in total. The third-order valence-electron chi connectivity index (χ3n) is 4.15. The normalized spacial score (nSPS) is 26.4. The van der Waals surface area contributed by atoms with Crippen LogP contribution in [0.4, 0.5) is 11.8 Å². The molecule has 0 saturated carbocycles. The van der Waals surface area contributed by atoms with Crippen molar-refractivity contribution < 1.29 is 20.1 Å². The van der Waals surface area contributed by atoms with Crippen molar-refractivity contribution in [1.29, 1.82) is 0 Å². The van der Waals surface area contributed by atoms with Gasteiger partial charge in [0, 0.05) is 6.54 Å². The van der Waals surface area contributed by atoms with Gasteiger partial charge in [-0.3, -0.25) is 4.57 Å². The van der Waals surface area contributed by atoms with Crippen LogP contribution in [0.1, 0.15) is 19.1 Å². The monoisotopic (exact) mass is 353 g/mol. The van der Waals surface area contributed by atoms with Crippen LogP contribution in [0.5, 0.6) is 0 Å². The molecule has 3 heterocycles. The topological polar surface area (TPSA) is 178 Å². The lowest BCUT2D eigenvalue weighted by Crippen LogP contribution is -2.33. The number of imidazole rings is 1. The number of anilines is 2. The van der Waals surface area contributed by atoms with E-state index in [-0.39, 0.29) is 5.95 Å². The van der Waals surface area contributed by atoms with E-state index in [0.717, 1.165) is 12.8 Å². The predicted molar refractivity (Wildman–Crippen MR) is 89.5 cm³/mol. The summed E-state index contributed by atoms with van der Waals surface area (Å²) in [6.07, 6.45) is -1.07. The summed E-state index contributed by atoms with van der Waals surface area (Å²) >= 11 is 0. The fourth-order valence-electron chi connectivity index (χ4n) is 2.83. The molecule has 1 fully saturated rings. The summed E-state index contributed by atoms with van der Waals surface area (Å²) in [5.74, 6) is 0.521. The van der Waals surface area contributed by atoms with E-state index in [1.807, 2.05) is 0 Å². The minimum Gasteiger partial charge on any atom is -0.394 e. The van der Waals surface area contributed by atoms with E-state index >= 15 is 0 Å². The second-order valence-electron chi connectivity index (χ2n) is 5.91. The van der Waals surface area contributed by atoms with E-state index in [9.17, 15) is 15.3 Å². The molecular formula is C14H23N7O4. The van der Waals surface area contributed by atoms with Crippen molar-refractivity contribution in [3.8, 4) is 0 Å². The maximum absolute atomic E-state index is 10.2. The van der Waals surface area contributed by atoms with Crippen molar-refractivity contribution in [3.05, 3.63) is 6.33 Å². The molecular weight excluding hydrogens is 330 g/mol. The fraction of sp³-hybridized carbons (Fsp3) is 0.643. The zero-order valence-corrected chi connectivity index (χ0v) is 13.6. The lowest BCUT2D eigenvalue weighted by atomic mass is 10.1. The Morgan fingerprint density at radius 2 is 2.04 bits per heavy atom. The quantitative estimate of drug-likeness (QED) is 0.310. The van der Waals surface area contributed by atoms with E-state index in [1.165, 1.54) is 10.9 Å². The van der Waals surface area contributed by atoms with Gasteiger partial charge in [0.25, 0.3) is 0 Å². The number of nitrogens with two attached hydrogens (primary N) is 2. The van der Waals surface area contributed by atoms with Crippen LogP contribution < -0.4 is 16.8 Å². The molecule has 138 valence electrons. The lowest BCUT2D eigenvalue weighted by molar-refractivity contribution is -0.0511.